The van der Waals surface area contributed by atoms with Crippen molar-refractivity contribution in [3.8, 4) is 0 Å². The summed E-state index contributed by atoms with van der Waals surface area (Å²) in [4.78, 5) is 24.7. The summed E-state index contributed by atoms with van der Waals surface area (Å²) in [6.07, 6.45) is 1.92. The van der Waals surface area contributed by atoms with Gasteiger partial charge >= 0.3 is 0 Å². The minimum atomic E-state index is -0.498. The maximum absolute atomic E-state index is 12.5. The van der Waals surface area contributed by atoms with Gasteiger partial charge in [0, 0.05) is 41.3 Å². The van der Waals surface area contributed by atoms with Crippen molar-refractivity contribution in [3.05, 3.63) is 38.3 Å². The lowest BCUT2D eigenvalue weighted by Crippen LogP contribution is -2.45. The lowest BCUT2D eigenvalue weighted by molar-refractivity contribution is -0.385. The third-order valence-corrected chi connectivity index (χ3v) is 4.29. The van der Waals surface area contributed by atoms with Gasteiger partial charge in [0.25, 0.3) is 11.6 Å². The number of non-ortho nitro benzene ring substituents is 1. The van der Waals surface area contributed by atoms with Crippen LogP contribution in [0.15, 0.2) is 22.7 Å². The second kappa shape index (κ2) is 7.89. The first-order valence-corrected chi connectivity index (χ1v) is 7.67. The Hall–Kier alpha value is -1.18. The molecular formula is C14H19BrClN3O3. The molecule has 2 N–H and O–H groups in total. The molecule has 2 rings (SSSR count). The minimum absolute atomic E-state index is 0. The van der Waals surface area contributed by atoms with Crippen LogP contribution in [0, 0.1) is 16.0 Å². The Bertz CT molecular complexity index is 568. The standard InChI is InChI=1S/C14H18BrN3O3.ClH/c1-9(16)10-3-2-4-17(8-10)14(19)11-5-12(15)7-13(6-11)18(20)21;/h5-7,9-10H,2-4,8,16H2,1H3;1H. The van der Waals surface area contributed by atoms with Gasteiger partial charge in [-0.25, -0.2) is 0 Å². The lowest BCUT2D eigenvalue weighted by Gasteiger charge is -2.34. The van der Waals surface area contributed by atoms with Crippen molar-refractivity contribution in [1.82, 2.24) is 4.90 Å². The third-order valence-electron chi connectivity index (χ3n) is 3.83. The molecule has 0 radical (unpaired) electrons. The number of amides is 1. The molecule has 6 nitrogen and oxygen atoms in total. The molecule has 1 saturated heterocycles. The molecule has 2 atom stereocenters. The van der Waals surface area contributed by atoms with Crippen LogP contribution in [0.25, 0.3) is 0 Å². The van der Waals surface area contributed by atoms with Crippen LogP contribution >= 0.6 is 28.3 Å². The number of halogens is 2. The number of carbonyl (C=O) groups excluding carboxylic acids is 1. The highest BCUT2D eigenvalue weighted by molar-refractivity contribution is 9.10. The van der Waals surface area contributed by atoms with E-state index in [1.165, 1.54) is 12.1 Å². The van der Waals surface area contributed by atoms with Gasteiger partial charge in [0.2, 0.25) is 0 Å². The number of nitrogens with zero attached hydrogens (tertiary/aromatic N) is 2. The molecule has 2 unspecified atom stereocenters. The van der Waals surface area contributed by atoms with Gasteiger partial charge in [-0.05, 0) is 31.7 Å². The summed E-state index contributed by atoms with van der Waals surface area (Å²) in [5, 5.41) is 10.9. The normalized spacial score (nSPS) is 19.2. The van der Waals surface area contributed by atoms with E-state index in [0.717, 1.165) is 12.8 Å². The van der Waals surface area contributed by atoms with Crippen LogP contribution in [-0.4, -0.2) is 34.9 Å². The van der Waals surface area contributed by atoms with Gasteiger partial charge in [-0.15, -0.1) is 12.4 Å². The molecule has 0 aliphatic carbocycles. The number of rotatable bonds is 3. The first-order chi connectivity index (χ1) is 9.88. The van der Waals surface area contributed by atoms with Gasteiger partial charge in [-0.2, -0.15) is 0 Å². The molecular weight excluding hydrogens is 374 g/mol. The number of nitro groups is 1. The van der Waals surface area contributed by atoms with Crippen molar-refractivity contribution < 1.29 is 9.72 Å². The van der Waals surface area contributed by atoms with Gasteiger partial charge < -0.3 is 10.6 Å². The molecule has 1 aromatic carbocycles. The van der Waals surface area contributed by atoms with Crippen LogP contribution in [0.3, 0.4) is 0 Å². The number of benzene rings is 1. The van der Waals surface area contributed by atoms with E-state index in [0.29, 0.717) is 23.1 Å². The number of nitro benzene ring substituents is 1. The summed E-state index contributed by atoms with van der Waals surface area (Å²) >= 11 is 3.21. The Morgan fingerprint density at radius 2 is 2.18 bits per heavy atom. The molecule has 1 fully saturated rings. The smallest absolute Gasteiger partial charge is 0.271 e. The maximum Gasteiger partial charge on any atom is 0.271 e. The minimum Gasteiger partial charge on any atom is -0.338 e. The maximum atomic E-state index is 12.5. The summed E-state index contributed by atoms with van der Waals surface area (Å²) in [6, 6.07) is 4.36. The Balaban J connectivity index is 0.00000242. The van der Waals surface area contributed by atoms with Gasteiger partial charge in [-0.3, -0.25) is 14.9 Å². The Morgan fingerprint density at radius 1 is 1.50 bits per heavy atom. The predicted octanol–water partition coefficient (Wildman–Crippen LogP) is 2.98. The van der Waals surface area contributed by atoms with Crippen molar-refractivity contribution in [1.29, 1.82) is 0 Å². The summed E-state index contributed by atoms with van der Waals surface area (Å²) in [5.41, 5.74) is 6.17. The topological polar surface area (TPSA) is 89.5 Å². The molecule has 22 heavy (non-hydrogen) atoms. The fraction of sp³-hybridized carbons (Fsp3) is 0.500. The molecule has 1 aromatic rings. The van der Waals surface area contributed by atoms with Gasteiger partial charge in [0.1, 0.15) is 0 Å². The number of piperidine rings is 1. The average Bonchev–Trinajstić information content (AvgIpc) is 2.45. The Kier molecular flexibility index (Phi) is 6.77. The summed E-state index contributed by atoms with van der Waals surface area (Å²) in [5.74, 6) is 0.106. The Morgan fingerprint density at radius 3 is 2.77 bits per heavy atom. The van der Waals surface area contributed by atoms with E-state index in [-0.39, 0.29) is 36.0 Å². The molecule has 0 saturated carbocycles. The first-order valence-electron chi connectivity index (χ1n) is 6.88. The van der Waals surface area contributed by atoms with Gasteiger partial charge in [-0.1, -0.05) is 15.9 Å². The molecule has 8 heteroatoms. The van der Waals surface area contributed by atoms with Gasteiger partial charge in [0.15, 0.2) is 0 Å². The second-order valence-corrected chi connectivity index (χ2v) is 6.38. The quantitative estimate of drug-likeness (QED) is 0.632. The molecule has 1 aliphatic heterocycles. The second-order valence-electron chi connectivity index (χ2n) is 5.47. The fourth-order valence-corrected chi connectivity index (χ4v) is 3.09. The monoisotopic (exact) mass is 391 g/mol. The molecule has 0 spiro atoms. The lowest BCUT2D eigenvalue weighted by atomic mass is 9.92. The average molecular weight is 393 g/mol. The summed E-state index contributed by atoms with van der Waals surface area (Å²) in [7, 11) is 0. The molecule has 1 aliphatic rings. The zero-order chi connectivity index (χ0) is 15.6. The predicted molar refractivity (Wildman–Crippen MR) is 90.3 cm³/mol. The summed E-state index contributed by atoms with van der Waals surface area (Å²) in [6.45, 7) is 3.22. The molecule has 1 amide bonds. The fourth-order valence-electron chi connectivity index (χ4n) is 2.61. The highest BCUT2D eigenvalue weighted by Gasteiger charge is 2.27. The van der Waals surface area contributed by atoms with Gasteiger partial charge in [0.05, 0.1) is 4.92 Å². The van der Waals surface area contributed by atoms with Crippen molar-refractivity contribution in [2.45, 2.75) is 25.8 Å². The highest BCUT2D eigenvalue weighted by Crippen LogP contribution is 2.25. The van der Waals surface area contributed by atoms with E-state index in [2.05, 4.69) is 15.9 Å². The third kappa shape index (κ3) is 4.41. The molecule has 1 heterocycles. The molecule has 0 aromatic heterocycles. The van der Waals surface area contributed by atoms with Crippen molar-refractivity contribution >= 4 is 39.9 Å². The van der Waals surface area contributed by atoms with Crippen LogP contribution in [-0.2, 0) is 0 Å². The van der Waals surface area contributed by atoms with E-state index < -0.39 is 4.92 Å². The Labute approximate surface area is 143 Å². The van der Waals surface area contributed by atoms with E-state index in [1.807, 2.05) is 6.92 Å². The number of likely N-dealkylation sites (tertiary alicyclic amines) is 1. The van der Waals surface area contributed by atoms with E-state index >= 15 is 0 Å². The van der Waals surface area contributed by atoms with Crippen LogP contribution in [0.1, 0.15) is 30.1 Å². The van der Waals surface area contributed by atoms with Crippen LogP contribution < -0.4 is 5.73 Å². The van der Waals surface area contributed by atoms with E-state index in [4.69, 9.17) is 5.73 Å². The van der Waals surface area contributed by atoms with Crippen LogP contribution in [0.2, 0.25) is 0 Å². The van der Waals surface area contributed by atoms with Crippen LogP contribution in [0.4, 0.5) is 5.69 Å². The van der Waals surface area contributed by atoms with Crippen molar-refractivity contribution in [2.24, 2.45) is 11.7 Å². The first kappa shape index (κ1) is 18.9. The highest BCUT2D eigenvalue weighted by atomic mass is 79.9. The number of nitrogens with two attached hydrogens (primary N) is 1. The molecule has 122 valence electrons. The zero-order valence-electron chi connectivity index (χ0n) is 12.2. The summed E-state index contributed by atoms with van der Waals surface area (Å²) < 4.78 is 0.529. The van der Waals surface area contributed by atoms with E-state index in [1.54, 1.807) is 11.0 Å². The van der Waals surface area contributed by atoms with E-state index in [9.17, 15) is 14.9 Å². The zero-order valence-corrected chi connectivity index (χ0v) is 14.6. The number of hydrogen-bond donors (Lipinski definition) is 1. The van der Waals surface area contributed by atoms with Crippen LogP contribution in [0.5, 0.6) is 0 Å². The molecule has 0 bridgehead atoms. The SMILES string of the molecule is CC(N)C1CCCN(C(=O)c2cc(Br)cc([N+](=O)[O-])c2)C1.Cl. The number of hydrogen-bond acceptors (Lipinski definition) is 4. The number of carbonyl (C=O) groups is 1. The van der Waals surface area contributed by atoms with Crippen molar-refractivity contribution in [3.63, 3.8) is 0 Å². The van der Waals surface area contributed by atoms with Crippen molar-refractivity contribution in [2.75, 3.05) is 13.1 Å². The largest absolute Gasteiger partial charge is 0.338 e.